The van der Waals surface area contributed by atoms with Gasteiger partial charge in [-0.05, 0) is 48.0 Å². The molecular formula is C19H11ClN2O3S. The Morgan fingerprint density at radius 1 is 1.04 bits per heavy atom. The molecule has 0 N–H and O–H groups in total. The summed E-state index contributed by atoms with van der Waals surface area (Å²) in [4.78, 5) is 15.6. The van der Waals surface area contributed by atoms with Gasteiger partial charge >= 0.3 is 0 Å². The first-order valence-corrected chi connectivity index (χ1v) is 8.85. The average Bonchev–Trinajstić information content (AvgIpc) is 3.09. The monoisotopic (exact) mass is 382 g/mol. The average molecular weight is 383 g/mol. The number of nitrogens with zero attached hydrogens (tertiary/aromatic N) is 2. The van der Waals surface area contributed by atoms with Crippen molar-refractivity contribution in [2.45, 2.75) is 0 Å². The molecular weight excluding hydrogens is 372 g/mol. The molecule has 0 atom stereocenters. The molecule has 5 nitrogen and oxygen atoms in total. The molecule has 26 heavy (non-hydrogen) atoms. The van der Waals surface area contributed by atoms with Crippen LogP contribution in [0.4, 0.5) is 5.69 Å². The predicted octanol–water partition coefficient (Wildman–Crippen LogP) is 6.32. The Kier molecular flexibility index (Phi) is 4.28. The summed E-state index contributed by atoms with van der Waals surface area (Å²) >= 11 is 7.46. The van der Waals surface area contributed by atoms with Crippen LogP contribution >= 0.6 is 22.9 Å². The number of halogens is 1. The number of hydrogen-bond acceptors (Lipinski definition) is 5. The smallest absolute Gasteiger partial charge is 0.269 e. The van der Waals surface area contributed by atoms with Gasteiger partial charge < -0.3 is 4.74 Å². The molecule has 4 aromatic rings. The van der Waals surface area contributed by atoms with Crippen LogP contribution in [0.5, 0.6) is 11.5 Å². The van der Waals surface area contributed by atoms with E-state index in [0.717, 1.165) is 20.5 Å². The van der Waals surface area contributed by atoms with E-state index in [9.17, 15) is 10.1 Å². The third-order valence-electron chi connectivity index (χ3n) is 3.81. The minimum Gasteiger partial charge on any atom is -0.455 e. The Morgan fingerprint density at radius 3 is 2.46 bits per heavy atom. The molecule has 0 spiro atoms. The Morgan fingerprint density at radius 2 is 1.77 bits per heavy atom. The van der Waals surface area contributed by atoms with Crippen molar-refractivity contribution in [1.82, 2.24) is 4.98 Å². The van der Waals surface area contributed by atoms with Crippen LogP contribution in [0.25, 0.3) is 20.5 Å². The number of rotatable bonds is 4. The number of aromatic nitrogens is 1. The van der Waals surface area contributed by atoms with Gasteiger partial charge in [0.2, 0.25) is 0 Å². The lowest BCUT2D eigenvalue weighted by Gasteiger charge is -2.06. The normalized spacial score (nSPS) is 10.8. The molecule has 2 aromatic heterocycles. The van der Waals surface area contributed by atoms with Crippen LogP contribution in [0.15, 0.2) is 67.0 Å². The first kappa shape index (κ1) is 16.5. The van der Waals surface area contributed by atoms with E-state index in [1.165, 1.54) is 12.1 Å². The van der Waals surface area contributed by atoms with E-state index in [4.69, 9.17) is 16.3 Å². The molecule has 0 fully saturated rings. The third-order valence-corrected chi connectivity index (χ3v) is 5.18. The third kappa shape index (κ3) is 3.24. The van der Waals surface area contributed by atoms with Crippen molar-refractivity contribution in [3.8, 4) is 21.9 Å². The van der Waals surface area contributed by atoms with Crippen LogP contribution in [0.3, 0.4) is 0 Å². The molecule has 0 aliphatic rings. The Hall–Kier alpha value is -2.96. The molecule has 0 aliphatic heterocycles. The van der Waals surface area contributed by atoms with E-state index in [1.54, 1.807) is 60.1 Å². The lowest BCUT2D eigenvalue weighted by molar-refractivity contribution is -0.384. The predicted molar refractivity (Wildman–Crippen MR) is 103 cm³/mol. The van der Waals surface area contributed by atoms with Crippen molar-refractivity contribution in [3.05, 3.63) is 82.1 Å². The van der Waals surface area contributed by atoms with Crippen molar-refractivity contribution in [2.24, 2.45) is 0 Å². The highest BCUT2D eigenvalue weighted by Crippen LogP contribution is 2.39. The zero-order valence-electron chi connectivity index (χ0n) is 13.3. The Balaban J connectivity index is 1.70. The largest absolute Gasteiger partial charge is 0.455 e. The van der Waals surface area contributed by atoms with Gasteiger partial charge in [-0.3, -0.25) is 15.1 Å². The summed E-state index contributed by atoms with van der Waals surface area (Å²) in [6.45, 7) is 0. The molecule has 0 saturated carbocycles. The fourth-order valence-corrected chi connectivity index (χ4v) is 3.71. The number of fused-ring (bicyclic) bond motifs is 1. The van der Waals surface area contributed by atoms with Crippen molar-refractivity contribution in [3.63, 3.8) is 0 Å². The SMILES string of the molecule is O=[N+]([O-])c1ccc(-c2cc3c(Oc4ccc(Cl)cc4)cncc3s2)cc1. The lowest BCUT2D eigenvalue weighted by Crippen LogP contribution is -1.86. The van der Waals surface area contributed by atoms with Gasteiger partial charge in [0.15, 0.2) is 5.75 Å². The van der Waals surface area contributed by atoms with Gasteiger partial charge in [-0.2, -0.15) is 0 Å². The number of ether oxygens (including phenoxy) is 1. The Labute approximate surface area is 157 Å². The quantitative estimate of drug-likeness (QED) is 0.306. The minimum atomic E-state index is -0.406. The van der Waals surface area contributed by atoms with E-state index < -0.39 is 4.92 Å². The van der Waals surface area contributed by atoms with E-state index >= 15 is 0 Å². The molecule has 4 rings (SSSR count). The molecule has 2 aromatic carbocycles. The first-order chi connectivity index (χ1) is 12.6. The number of nitro groups is 1. The summed E-state index contributed by atoms with van der Waals surface area (Å²) in [5.74, 6) is 1.32. The number of hydrogen-bond donors (Lipinski definition) is 0. The fourth-order valence-electron chi connectivity index (χ4n) is 2.54. The Bertz CT molecular complexity index is 1090. The zero-order valence-corrected chi connectivity index (χ0v) is 14.8. The zero-order chi connectivity index (χ0) is 18.1. The molecule has 0 unspecified atom stereocenters. The van der Waals surface area contributed by atoms with Gasteiger partial charge in [0.1, 0.15) is 5.75 Å². The highest BCUT2D eigenvalue weighted by molar-refractivity contribution is 7.22. The van der Waals surface area contributed by atoms with Gasteiger partial charge in [0.05, 0.1) is 15.8 Å². The standard InChI is InChI=1S/C19H11ClN2O3S/c20-13-3-7-15(8-4-13)25-17-10-21-11-19-16(17)9-18(26-19)12-1-5-14(6-2-12)22(23)24/h1-11H. The van der Waals surface area contributed by atoms with E-state index in [2.05, 4.69) is 4.98 Å². The summed E-state index contributed by atoms with van der Waals surface area (Å²) < 4.78 is 6.92. The van der Waals surface area contributed by atoms with E-state index in [0.29, 0.717) is 16.5 Å². The molecule has 128 valence electrons. The summed E-state index contributed by atoms with van der Waals surface area (Å²) in [6.07, 6.45) is 3.45. The first-order valence-electron chi connectivity index (χ1n) is 7.66. The van der Waals surface area contributed by atoms with Crippen LogP contribution in [-0.2, 0) is 0 Å². The molecule has 2 heterocycles. The number of benzene rings is 2. The summed E-state index contributed by atoms with van der Waals surface area (Å²) in [7, 11) is 0. The topological polar surface area (TPSA) is 65.3 Å². The maximum absolute atomic E-state index is 10.8. The van der Waals surface area contributed by atoms with E-state index in [-0.39, 0.29) is 5.69 Å². The second-order valence-corrected chi connectivity index (χ2v) is 7.04. The fraction of sp³-hybridized carbons (Fsp3) is 0. The van der Waals surface area contributed by atoms with Crippen LogP contribution in [-0.4, -0.2) is 9.91 Å². The minimum absolute atomic E-state index is 0.0725. The summed E-state index contributed by atoms with van der Waals surface area (Å²) in [5.41, 5.74) is 0.984. The molecule has 0 saturated heterocycles. The van der Waals surface area contributed by atoms with Crippen LogP contribution in [0, 0.1) is 10.1 Å². The number of nitro benzene ring substituents is 1. The molecule has 0 aliphatic carbocycles. The van der Waals surface area contributed by atoms with Gasteiger partial charge in [-0.15, -0.1) is 11.3 Å². The van der Waals surface area contributed by atoms with Gasteiger partial charge in [-0.1, -0.05) is 11.6 Å². The highest BCUT2D eigenvalue weighted by Gasteiger charge is 2.12. The summed E-state index contributed by atoms with van der Waals surface area (Å²) in [5, 5.41) is 12.4. The number of thiophene rings is 1. The van der Waals surface area contributed by atoms with Crippen LogP contribution < -0.4 is 4.74 Å². The second kappa shape index (κ2) is 6.74. The maximum atomic E-state index is 10.8. The second-order valence-electron chi connectivity index (χ2n) is 5.52. The van der Waals surface area contributed by atoms with Crippen molar-refractivity contribution >= 4 is 38.7 Å². The summed E-state index contributed by atoms with van der Waals surface area (Å²) in [6, 6.07) is 15.6. The van der Waals surface area contributed by atoms with Gasteiger partial charge in [0, 0.05) is 33.6 Å². The highest BCUT2D eigenvalue weighted by atomic mass is 35.5. The van der Waals surface area contributed by atoms with Crippen LogP contribution in [0.1, 0.15) is 0 Å². The number of pyridine rings is 1. The molecule has 0 bridgehead atoms. The number of non-ortho nitro benzene ring substituents is 1. The molecule has 0 amide bonds. The lowest BCUT2D eigenvalue weighted by atomic mass is 10.1. The molecule has 7 heteroatoms. The van der Waals surface area contributed by atoms with Crippen LogP contribution in [0.2, 0.25) is 5.02 Å². The van der Waals surface area contributed by atoms with Crippen molar-refractivity contribution < 1.29 is 9.66 Å². The maximum Gasteiger partial charge on any atom is 0.269 e. The van der Waals surface area contributed by atoms with Gasteiger partial charge in [0.25, 0.3) is 5.69 Å². The molecule has 0 radical (unpaired) electrons. The van der Waals surface area contributed by atoms with Gasteiger partial charge in [-0.25, -0.2) is 0 Å². The van der Waals surface area contributed by atoms with Crippen molar-refractivity contribution in [1.29, 1.82) is 0 Å². The van der Waals surface area contributed by atoms with E-state index in [1.807, 2.05) is 6.07 Å². The van der Waals surface area contributed by atoms with Crippen molar-refractivity contribution in [2.75, 3.05) is 0 Å².